The lowest BCUT2D eigenvalue weighted by atomic mass is 10.3. The Balaban J connectivity index is 1.92. The normalized spacial score (nSPS) is 16.2. The van der Waals surface area contributed by atoms with Crippen LogP contribution < -0.4 is 4.72 Å². The van der Waals surface area contributed by atoms with Gasteiger partial charge in [-0.3, -0.25) is 9.78 Å². The Morgan fingerprint density at radius 3 is 2.75 bits per heavy atom. The molecule has 2 rings (SSSR count). The molecular weight excluding hydrogens is 348 g/mol. The zero-order chi connectivity index (χ0) is 14.6. The van der Waals surface area contributed by atoms with Gasteiger partial charge in [0, 0.05) is 16.9 Å². The summed E-state index contributed by atoms with van der Waals surface area (Å²) in [4.78, 5) is 15.3. The van der Waals surface area contributed by atoms with Gasteiger partial charge in [0.1, 0.15) is 11.5 Å². The molecule has 0 radical (unpaired) electrons. The smallest absolute Gasteiger partial charge is 0.265 e. The summed E-state index contributed by atoms with van der Waals surface area (Å²) in [6.07, 6.45) is 6.74. The second-order valence-corrected chi connectivity index (χ2v) is 7.18. The molecule has 1 amide bonds. The minimum absolute atomic E-state index is 0.0657. The van der Waals surface area contributed by atoms with Crippen LogP contribution in [0.15, 0.2) is 27.8 Å². The van der Waals surface area contributed by atoms with Gasteiger partial charge in [-0.25, -0.2) is 13.1 Å². The largest absolute Gasteiger partial charge is 0.368 e. The van der Waals surface area contributed by atoms with E-state index in [4.69, 9.17) is 4.74 Å². The highest BCUT2D eigenvalue weighted by molar-refractivity contribution is 9.10. The molecule has 8 heteroatoms. The molecule has 1 fully saturated rings. The number of pyridine rings is 1. The van der Waals surface area contributed by atoms with E-state index in [0.717, 1.165) is 25.7 Å². The van der Waals surface area contributed by atoms with Gasteiger partial charge in [-0.05, 0) is 34.8 Å². The molecular formula is C12H15BrN2O4S. The number of nitrogens with zero attached hydrogens (tertiary/aromatic N) is 1. The van der Waals surface area contributed by atoms with Crippen LogP contribution in [0, 0.1) is 0 Å². The van der Waals surface area contributed by atoms with Gasteiger partial charge >= 0.3 is 0 Å². The Hall–Kier alpha value is -0.990. The zero-order valence-electron chi connectivity index (χ0n) is 10.7. The molecule has 0 aliphatic heterocycles. The maximum Gasteiger partial charge on any atom is 0.265 e. The van der Waals surface area contributed by atoms with Crippen LogP contribution in [0.5, 0.6) is 0 Å². The number of sulfonamides is 1. The molecule has 0 atom stereocenters. The lowest BCUT2D eigenvalue weighted by molar-refractivity contribution is -0.125. The number of ether oxygens (including phenoxy) is 1. The second-order valence-electron chi connectivity index (χ2n) is 4.59. The standard InChI is InChI=1S/C12H15BrN2O4S/c13-9-5-11(7-14-6-9)20(17,18)15-12(16)8-19-10-3-1-2-4-10/h5-7,10H,1-4,8H2,(H,15,16). The van der Waals surface area contributed by atoms with E-state index in [2.05, 4.69) is 20.9 Å². The molecule has 1 N–H and O–H groups in total. The number of amides is 1. The molecule has 1 aromatic rings. The van der Waals surface area contributed by atoms with E-state index >= 15 is 0 Å². The first-order valence-electron chi connectivity index (χ1n) is 6.25. The van der Waals surface area contributed by atoms with Crippen LogP contribution in [0.2, 0.25) is 0 Å². The summed E-state index contributed by atoms with van der Waals surface area (Å²) in [5, 5.41) is 0. The summed E-state index contributed by atoms with van der Waals surface area (Å²) >= 11 is 3.13. The molecule has 0 bridgehead atoms. The maximum atomic E-state index is 11.9. The van der Waals surface area contributed by atoms with Crippen LogP contribution in [0.3, 0.4) is 0 Å². The SMILES string of the molecule is O=C(COC1CCCC1)NS(=O)(=O)c1cncc(Br)c1. The van der Waals surface area contributed by atoms with Crippen molar-refractivity contribution in [2.24, 2.45) is 0 Å². The van der Waals surface area contributed by atoms with Gasteiger partial charge in [-0.15, -0.1) is 0 Å². The van der Waals surface area contributed by atoms with E-state index < -0.39 is 15.9 Å². The Labute approximate surface area is 126 Å². The highest BCUT2D eigenvalue weighted by atomic mass is 79.9. The van der Waals surface area contributed by atoms with Gasteiger partial charge in [0.05, 0.1) is 6.10 Å². The monoisotopic (exact) mass is 362 g/mol. The second kappa shape index (κ2) is 6.64. The third-order valence-corrected chi connectivity index (χ3v) is 4.76. The van der Waals surface area contributed by atoms with Crippen LogP contribution in [0.4, 0.5) is 0 Å². The molecule has 1 aromatic heterocycles. The molecule has 1 saturated carbocycles. The van der Waals surface area contributed by atoms with Crippen LogP contribution >= 0.6 is 15.9 Å². The predicted molar refractivity (Wildman–Crippen MR) is 75.5 cm³/mol. The maximum absolute atomic E-state index is 11.9. The van der Waals surface area contributed by atoms with Crippen molar-refractivity contribution in [1.29, 1.82) is 0 Å². The number of aromatic nitrogens is 1. The fourth-order valence-corrected chi connectivity index (χ4v) is 3.50. The van der Waals surface area contributed by atoms with E-state index in [1.54, 1.807) is 0 Å². The molecule has 1 aliphatic carbocycles. The van der Waals surface area contributed by atoms with E-state index in [-0.39, 0.29) is 17.6 Å². The summed E-state index contributed by atoms with van der Waals surface area (Å²) in [6.45, 7) is -0.245. The van der Waals surface area contributed by atoms with Gasteiger partial charge in [0.15, 0.2) is 0 Å². The number of nitrogens with one attached hydrogen (secondary N) is 1. The Bertz CT molecular complexity index is 585. The van der Waals surface area contributed by atoms with Crippen LogP contribution in [-0.4, -0.2) is 32.0 Å². The quantitative estimate of drug-likeness (QED) is 0.859. The van der Waals surface area contributed by atoms with Crippen LogP contribution in [-0.2, 0) is 19.6 Å². The highest BCUT2D eigenvalue weighted by Gasteiger charge is 2.21. The molecule has 1 heterocycles. The Morgan fingerprint density at radius 1 is 1.40 bits per heavy atom. The Morgan fingerprint density at radius 2 is 2.10 bits per heavy atom. The number of rotatable bonds is 5. The van der Waals surface area contributed by atoms with Gasteiger partial charge < -0.3 is 4.74 Å². The molecule has 0 saturated heterocycles. The molecule has 20 heavy (non-hydrogen) atoms. The predicted octanol–water partition coefficient (Wildman–Crippen LogP) is 1.61. The van der Waals surface area contributed by atoms with Gasteiger partial charge in [0.2, 0.25) is 0 Å². The van der Waals surface area contributed by atoms with Gasteiger partial charge in [0.25, 0.3) is 15.9 Å². The van der Waals surface area contributed by atoms with Crippen molar-refractivity contribution in [3.8, 4) is 0 Å². The summed E-state index contributed by atoms with van der Waals surface area (Å²) in [5.41, 5.74) is 0. The van der Waals surface area contributed by atoms with E-state index in [9.17, 15) is 13.2 Å². The minimum Gasteiger partial charge on any atom is -0.368 e. The summed E-state index contributed by atoms with van der Waals surface area (Å²) < 4.78 is 31.7. The van der Waals surface area contributed by atoms with Crippen LogP contribution in [0.1, 0.15) is 25.7 Å². The van der Waals surface area contributed by atoms with E-state index in [0.29, 0.717) is 4.47 Å². The summed E-state index contributed by atoms with van der Waals surface area (Å²) in [6, 6.07) is 1.38. The highest BCUT2D eigenvalue weighted by Crippen LogP contribution is 2.20. The Kier molecular flexibility index (Phi) is 5.11. The topological polar surface area (TPSA) is 85.4 Å². The third-order valence-electron chi connectivity index (χ3n) is 2.99. The average molecular weight is 363 g/mol. The van der Waals surface area contributed by atoms with E-state index in [1.165, 1.54) is 18.5 Å². The molecule has 0 aromatic carbocycles. The van der Waals surface area contributed by atoms with Crippen molar-refractivity contribution in [2.75, 3.05) is 6.61 Å². The van der Waals surface area contributed by atoms with Gasteiger partial charge in [-0.1, -0.05) is 12.8 Å². The van der Waals surface area contributed by atoms with Gasteiger partial charge in [-0.2, -0.15) is 0 Å². The summed E-state index contributed by atoms with van der Waals surface area (Å²) in [5.74, 6) is -0.670. The number of halogens is 1. The molecule has 6 nitrogen and oxygen atoms in total. The molecule has 110 valence electrons. The minimum atomic E-state index is -3.90. The van der Waals surface area contributed by atoms with Crippen molar-refractivity contribution in [3.05, 3.63) is 22.9 Å². The number of hydrogen-bond donors (Lipinski definition) is 1. The van der Waals surface area contributed by atoms with Crippen molar-refractivity contribution in [2.45, 2.75) is 36.7 Å². The number of carbonyl (C=O) groups is 1. The lowest BCUT2D eigenvalue weighted by Gasteiger charge is -2.11. The summed E-state index contributed by atoms with van der Waals surface area (Å²) in [7, 11) is -3.90. The van der Waals surface area contributed by atoms with E-state index in [1.807, 2.05) is 4.72 Å². The first-order chi connectivity index (χ1) is 9.47. The fourth-order valence-electron chi connectivity index (χ4n) is 2.03. The lowest BCUT2D eigenvalue weighted by Crippen LogP contribution is -2.34. The van der Waals surface area contributed by atoms with Crippen molar-refractivity contribution in [3.63, 3.8) is 0 Å². The fraction of sp³-hybridized carbons (Fsp3) is 0.500. The van der Waals surface area contributed by atoms with Crippen LogP contribution in [0.25, 0.3) is 0 Å². The zero-order valence-corrected chi connectivity index (χ0v) is 13.1. The molecule has 0 unspecified atom stereocenters. The first kappa shape index (κ1) is 15.4. The molecule has 0 spiro atoms. The van der Waals surface area contributed by atoms with Crippen molar-refractivity contribution < 1.29 is 17.9 Å². The number of carbonyl (C=O) groups excluding carboxylic acids is 1. The molecule has 1 aliphatic rings. The number of hydrogen-bond acceptors (Lipinski definition) is 5. The average Bonchev–Trinajstić information content (AvgIpc) is 2.89. The third kappa shape index (κ3) is 4.26. The van der Waals surface area contributed by atoms with Crippen molar-refractivity contribution in [1.82, 2.24) is 9.71 Å². The first-order valence-corrected chi connectivity index (χ1v) is 8.53. The van der Waals surface area contributed by atoms with Crippen molar-refractivity contribution >= 4 is 31.9 Å².